The minimum atomic E-state index is -0.441. The molecule has 0 aliphatic carbocycles. The molecule has 5 N–H and O–H groups in total. The molecule has 5 heteroatoms. The van der Waals surface area contributed by atoms with Gasteiger partial charge < -0.3 is 21.1 Å². The molecule has 0 saturated carbocycles. The summed E-state index contributed by atoms with van der Waals surface area (Å²) >= 11 is 0. The lowest BCUT2D eigenvalue weighted by atomic mass is 10.0. The van der Waals surface area contributed by atoms with E-state index in [1.165, 1.54) is 0 Å². The Hall–Kier alpha value is -2.01. The monoisotopic (exact) mass is 261 g/mol. The third-order valence-electron chi connectivity index (χ3n) is 3.14. The van der Waals surface area contributed by atoms with E-state index in [9.17, 15) is 4.79 Å². The molecule has 102 valence electrons. The van der Waals surface area contributed by atoms with Gasteiger partial charge in [0.15, 0.2) is 0 Å². The number of benzene rings is 1. The first kappa shape index (κ1) is 13.4. The number of hydrogen-bond donors (Lipinski definition) is 4. The molecule has 2 rings (SSSR count). The lowest BCUT2D eigenvalue weighted by Crippen LogP contribution is -2.44. The lowest BCUT2D eigenvalue weighted by Gasteiger charge is -2.25. The Morgan fingerprint density at radius 3 is 2.89 bits per heavy atom. The molecule has 1 aromatic heterocycles. The van der Waals surface area contributed by atoms with Crippen LogP contribution in [-0.2, 0) is 0 Å². The van der Waals surface area contributed by atoms with Crippen LogP contribution >= 0.6 is 0 Å². The molecule has 19 heavy (non-hydrogen) atoms. The molecule has 0 bridgehead atoms. The Balaban J connectivity index is 2.27. The molecule has 1 aromatic carbocycles. The first-order chi connectivity index (χ1) is 8.93. The molecule has 0 fully saturated rings. The smallest absolute Gasteiger partial charge is 0.253 e. The molecule has 2 aromatic rings. The molecule has 1 heterocycles. The Labute approximate surface area is 111 Å². The summed E-state index contributed by atoms with van der Waals surface area (Å²) in [5, 5.41) is 12.7. The fourth-order valence-corrected chi connectivity index (χ4v) is 2.05. The Morgan fingerprint density at radius 2 is 2.21 bits per heavy atom. The standard InChI is InChI=1S/C14H19N3O2/c1-14(2,5-6-18)17-13(19)11-8-16-12-7-9(15)3-4-10(11)12/h3-4,7-8,16,18H,5-6,15H2,1-2H3,(H,17,19). The number of fused-ring (bicyclic) bond motifs is 1. The number of nitrogens with two attached hydrogens (primary N) is 1. The summed E-state index contributed by atoms with van der Waals surface area (Å²) in [7, 11) is 0. The van der Waals surface area contributed by atoms with Gasteiger partial charge in [-0.3, -0.25) is 4.79 Å². The number of carbonyl (C=O) groups is 1. The summed E-state index contributed by atoms with van der Waals surface area (Å²) in [5.74, 6) is -0.158. The van der Waals surface area contributed by atoms with Gasteiger partial charge in [-0.1, -0.05) is 0 Å². The number of rotatable bonds is 4. The van der Waals surface area contributed by atoms with Crippen molar-refractivity contribution in [3.05, 3.63) is 30.0 Å². The average Bonchev–Trinajstić information content (AvgIpc) is 2.70. The number of aliphatic hydroxyl groups excluding tert-OH is 1. The van der Waals surface area contributed by atoms with Crippen molar-refractivity contribution >= 4 is 22.5 Å². The van der Waals surface area contributed by atoms with E-state index in [1.807, 2.05) is 19.9 Å². The van der Waals surface area contributed by atoms with Crippen molar-refractivity contribution in [3.63, 3.8) is 0 Å². The van der Waals surface area contributed by atoms with E-state index in [0.29, 0.717) is 17.7 Å². The van der Waals surface area contributed by atoms with Crippen molar-refractivity contribution in [1.82, 2.24) is 10.3 Å². The molecule has 1 amide bonds. The predicted molar refractivity (Wildman–Crippen MR) is 76.0 cm³/mol. The van der Waals surface area contributed by atoms with Crippen molar-refractivity contribution in [2.24, 2.45) is 0 Å². The molecular weight excluding hydrogens is 242 g/mol. The van der Waals surface area contributed by atoms with Crippen LogP contribution in [0.15, 0.2) is 24.4 Å². The zero-order chi connectivity index (χ0) is 14.0. The molecule has 0 aliphatic heterocycles. The van der Waals surface area contributed by atoms with Gasteiger partial charge in [0.1, 0.15) is 0 Å². The van der Waals surface area contributed by atoms with Crippen LogP contribution in [0.3, 0.4) is 0 Å². The summed E-state index contributed by atoms with van der Waals surface area (Å²) in [6.45, 7) is 3.81. The molecular formula is C14H19N3O2. The van der Waals surface area contributed by atoms with Gasteiger partial charge in [-0.25, -0.2) is 0 Å². The van der Waals surface area contributed by atoms with Crippen molar-refractivity contribution in [2.45, 2.75) is 25.8 Å². The number of nitrogen functional groups attached to an aromatic ring is 1. The average molecular weight is 261 g/mol. The summed E-state index contributed by atoms with van der Waals surface area (Å²) in [6.07, 6.45) is 2.18. The molecule has 0 saturated heterocycles. The second kappa shape index (κ2) is 4.93. The minimum absolute atomic E-state index is 0.0394. The van der Waals surface area contributed by atoms with Crippen LogP contribution in [0.5, 0.6) is 0 Å². The van der Waals surface area contributed by atoms with E-state index in [4.69, 9.17) is 10.8 Å². The third kappa shape index (κ3) is 2.88. The number of aliphatic hydroxyl groups is 1. The van der Waals surface area contributed by atoms with Gasteiger partial charge in [0.25, 0.3) is 5.91 Å². The van der Waals surface area contributed by atoms with Gasteiger partial charge in [-0.05, 0) is 38.5 Å². The highest BCUT2D eigenvalue weighted by molar-refractivity contribution is 6.07. The second-order valence-corrected chi connectivity index (χ2v) is 5.32. The number of aromatic nitrogens is 1. The Morgan fingerprint density at radius 1 is 1.47 bits per heavy atom. The van der Waals surface area contributed by atoms with Gasteiger partial charge in [-0.2, -0.15) is 0 Å². The van der Waals surface area contributed by atoms with E-state index >= 15 is 0 Å². The van der Waals surface area contributed by atoms with Gasteiger partial charge in [-0.15, -0.1) is 0 Å². The third-order valence-corrected chi connectivity index (χ3v) is 3.14. The van der Waals surface area contributed by atoms with Gasteiger partial charge in [0, 0.05) is 34.9 Å². The maximum absolute atomic E-state index is 12.3. The van der Waals surface area contributed by atoms with Crippen LogP contribution in [-0.4, -0.2) is 28.1 Å². The van der Waals surface area contributed by atoms with Crippen molar-refractivity contribution < 1.29 is 9.90 Å². The van der Waals surface area contributed by atoms with Crippen LogP contribution < -0.4 is 11.1 Å². The summed E-state index contributed by atoms with van der Waals surface area (Å²) in [6, 6.07) is 5.39. The number of anilines is 1. The topological polar surface area (TPSA) is 91.1 Å². The van der Waals surface area contributed by atoms with E-state index < -0.39 is 5.54 Å². The zero-order valence-electron chi connectivity index (χ0n) is 11.2. The second-order valence-electron chi connectivity index (χ2n) is 5.32. The minimum Gasteiger partial charge on any atom is -0.399 e. The van der Waals surface area contributed by atoms with Crippen molar-refractivity contribution in [3.8, 4) is 0 Å². The van der Waals surface area contributed by atoms with Crippen LogP contribution in [0, 0.1) is 0 Å². The van der Waals surface area contributed by atoms with E-state index in [0.717, 1.165) is 10.9 Å². The lowest BCUT2D eigenvalue weighted by molar-refractivity contribution is 0.0901. The number of hydrogen-bond acceptors (Lipinski definition) is 3. The first-order valence-corrected chi connectivity index (χ1v) is 6.23. The van der Waals surface area contributed by atoms with Crippen LogP contribution in [0.1, 0.15) is 30.6 Å². The molecule has 0 radical (unpaired) electrons. The van der Waals surface area contributed by atoms with Crippen LogP contribution in [0.2, 0.25) is 0 Å². The number of aromatic amines is 1. The first-order valence-electron chi connectivity index (χ1n) is 6.23. The van der Waals surface area contributed by atoms with E-state index in [1.54, 1.807) is 18.3 Å². The maximum Gasteiger partial charge on any atom is 0.253 e. The fraction of sp³-hybridized carbons (Fsp3) is 0.357. The highest BCUT2D eigenvalue weighted by Crippen LogP contribution is 2.21. The maximum atomic E-state index is 12.3. The van der Waals surface area contributed by atoms with Crippen LogP contribution in [0.4, 0.5) is 5.69 Å². The molecule has 0 spiro atoms. The van der Waals surface area contributed by atoms with Gasteiger partial charge in [0.05, 0.1) is 5.56 Å². The van der Waals surface area contributed by atoms with Gasteiger partial charge in [0.2, 0.25) is 0 Å². The van der Waals surface area contributed by atoms with E-state index in [2.05, 4.69) is 10.3 Å². The van der Waals surface area contributed by atoms with E-state index in [-0.39, 0.29) is 12.5 Å². The highest BCUT2D eigenvalue weighted by atomic mass is 16.3. The normalized spacial score (nSPS) is 11.7. The number of amides is 1. The van der Waals surface area contributed by atoms with Gasteiger partial charge >= 0.3 is 0 Å². The molecule has 0 atom stereocenters. The van der Waals surface area contributed by atoms with Crippen LogP contribution in [0.25, 0.3) is 10.9 Å². The van der Waals surface area contributed by atoms with Crippen molar-refractivity contribution in [1.29, 1.82) is 0 Å². The number of carbonyl (C=O) groups excluding carboxylic acids is 1. The summed E-state index contributed by atoms with van der Waals surface area (Å²) in [4.78, 5) is 15.3. The number of H-pyrrole nitrogens is 1. The summed E-state index contributed by atoms with van der Waals surface area (Å²) < 4.78 is 0. The predicted octanol–water partition coefficient (Wildman–Crippen LogP) is 1.64. The molecule has 5 nitrogen and oxygen atoms in total. The zero-order valence-corrected chi connectivity index (χ0v) is 11.2. The fourth-order valence-electron chi connectivity index (χ4n) is 2.05. The molecule has 0 aliphatic rings. The quantitative estimate of drug-likeness (QED) is 0.630. The largest absolute Gasteiger partial charge is 0.399 e. The Kier molecular flexibility index (Phi) is 3.48. The number of nitrogens with one attached hydrogen (secondary N) is 2. The molecule has 0 unspecified atom stereocenters. The SMILES string of the molecule is CC(C)(CCO)NC(=O)c1c[nH]c2cc(N)ccc12. The Bertz CT molecular complexity index is 602. The van der Waals surface area contributed by atoms with Crippen molar-refractivity contribution in [2.75, 3.05) is 12.3 Å². The summed E-state index contributed by atoms with van der Waals surface area (Å²) in [5.41, 5.74) is 7.34. The highest BCUT2D eigenvalue weighted by Gasteiger charge is 2.22.